The molecule has 0 aliphatic carbocycles. The van der Waals surface area contributed by atoms with E-state index >= 15 is 0 Å². The minimum Gasteiger partial charge on any atom is -0.348 e. The van der Waals surface area contributed by atoms with Crippen molar-refractivity contribution in [3.63, 3.8) is 0 Å². The van der Waals surface area contributed by atoms with Crippen LogP contribution in [-0.4, -0.2) is 46.3 Å². The number of hydrogen-bond acceptors (Lipinski definition) is 4. The maximum atomic E-state index is 12.2. The Hall–Kier alpha value is -1.01. The Morgan fingerprint density at radius 3 is 2.48 bits per heavy atom. The molecule has 1 aliphatic rings. The number of rotatable bonds is 4. The summed E-state index contributed by atoms with van der Waals surface area (Å²) in [5.74, 6) is 0.759. The molecule has 6 heteroatoms. The quantitative estimate of drug-likeness (QED) is 0.902. The van der Waals surface area contributed by atoms with Crippen LogP contribution in [0.3, 0.4) is 0 Å². The summed E-state index contributed by atoms with van der Waals surface area (Å²) in [6.07, 6.45) is 1.67. The zero-order valence-electron chi connectivity index (χ0n) is 14.3. The van der Waals surface area contributed by atoms with Gasteiger partial charge in [0, 0.05) is 28.8 Å². The molecular weight excluding hydrogens is 328 g/mol. The number of thiophene rings is 1. The fraction of sp³-hybridized carbons (Fsp3) is 0.647. The molecule has 2 rings (SSSR count). The fourth-order valence-electron chi connectivity index (χ4n) is 2.46. The molecule has 2 heterocycles. The number of amides is 2. The van der Waals surface area contributed by atoms with E-state index in [4.69, 9.17) is 0 Å². The second-order valence-corrected chi connectivity index (χ2v) is 10.0. The second-order valence-electron chi connectivity index (χ2n) is 6.94. The molecule has 1 aliphatic heterocycles. The van der Waals surface area contributed by atoms with Crippen LogP contribution in [0.1, 0.15) is 48.2 Å². The van der Waals surface area contributed by atoms with E-state index in [-0.39, 0.29) is 22.6 Å². The predicted molar refractivity (Wildman–Crippen MR) is 98.3 cm³/mol. The smallest absolute Gasteiger partial charge is 0.261 e. The van der Waals surface area contributed by atoms with Gasteiger partial charge in [-0.3, -0.25) is 9.59 Å². The van der Waals surface area contributed by atoms with Crippen molar-refractivity contribution in [3.05, 3.63) is 21.9 Å². The molecule has 1 aromatic rings. The van der Waals surface area contributed by atoms with Gasteiger partial charge in [0.25, 0.3) is 5.91 Å². The third-order valence-electron chi connectivity index (χ3n) is 3.78. The van der Waals surface area contributed by atoms with E-state index in [9.17, 15) is 9.59 Å². The highest BCUT2D eigenvalue weighted by Crippen LogP contribution is 2.24. The number of nitrogens with zero attached hydrogens (tertiary/aromatic N) is 1. The minimum absolute atomic E-state index is 0.0103. The van der Waals surface area contributed by atoms with Gasteiger partial charge in [0.15, 0.2) is 0 Å². The summed E-state index contributed by atoms with van der Waals surface area (Å²) < 4.78 is 0.112. The van der Waals surface area contributed by atoms with Gasteiger partial charge in [0.05, 0.1) is 10.6 Å². The van der Waals surface area contributed by atoms with Gasteiger partial charge in [-0.25, -0.2) is 0 Å². The standard InChI is InChI=1S/C17H26N2O2S2/c1-12-5-6-14(23-12)16(21)18-13-7-9-19(10-8-13)15(20)11-22-17(2,3)4/h5-6,13H,7-11H2,1-4H3,(H,18,21). The van der Waals surface area contributed by atoms with Crippen LogP contribution < -0.4 is 5.32 Å². The third kappa shape index (κ3) is 5.84. The van der Waals surface area contributed by atoms with Gasteiger partial charge in [0.2, 0.25) is 5.91 Å². The molecule has 0 atom stereocenters. The molecule has 1 saturated heterocycles. The lowest BCUT2D eigenvalue weighted by Gasteiger charge is -2.33. The maximum absolute atomic E-state index is 12.2. The second kappa shape index (κ2) is 7.71. The molecular formula is C17H26N2O2S2. The molecule has 0 radical (unpaired) electrons. The van der Waals surface area contributed by atoms with Gasteiger partial charge < -0.3 is 10.2 Å². The molecule has 128 valence electrons. The lowest BCUT2D eigenvalue weighted by atomic mass is 10.0. The molecule has 2 amide bonds. The third-order valence-corrected chi connectivity index (χ3v) is 6.03. The van der Waals surface area contributed by atoms with Crippen molar-refractivity contribution in [3.8, 4) is 0 Å². The average Bonchev–Trinajstić information content (AvgIpc) is 2.91. The lowest BCUT2D eigenvalue weighted by Crippen LogP contribution is -2.47. The van der Waals surface area contributed by atoms with Gasteiger partial charge in [-0.2, -0.15) is 0 Å². The SMILES string of the molecule is Cc1ccc(C(=O)NC2CCN(C(=O)CSC(C)(C)C)CC2)s1. The van der Waals surface area contributed by atoms with Crippen molar-refractivity contribution in [2.24, 2.45) is 0 Å². The molecule has 0 unspecified atom stereocenters. The number of nitrogens with one attached hydrogen (secondary N) is 1. The van der Waals surface area contributed by atoms with Gasteiger partial charge in [-0.05, 0) is 31.9 Å². The summed E-state index contributed by atoms with van der Waals surface area (Å²) in [4.78, 5) is 28.2. The number of carbonyl (C=O) groups is 2. The van der Waals surface area contributed by atoms with Crippen molar-refractivity contribution < 1.29 is 9.59 Å². The zero-order valence-corrected chi connectivity index (χ0v) is 16.0. The molecule has 0 spiro atoms. The fourth-order valence-corrected chi connectivity index (χ4v) is 3.97. The number of aryl methyl sites for hydroxylation is 1. The van der Waals surface area contributed by atoms with E-state index in [1.54, 1.807) is 11.8 Å². The van der Waals surface area contributed by atoms with E-state index in [0.29, 0.717) is 5.75 Å². The number of hydrogen-bond donors (Lipinski definition) is 1. The first-order valence-electron chi connectivity index (χ1n) is 8.03. The Morgan fingerprint density at radius 2 is 1.96 bits per heavy atom. The van der Waals surface area contributed by atoms with E-state index in [1.807, 2.05) is 24.0 Å². The van der Waals surface area contributed by atoms with E-state index in [1.165, 1.54) is 11.3 Å². The normalized spacial score (nSPS) is 16.4. The summed E-state index contributed by atoms with van der Waals surface area (Å²) in [5.41, 5.74) is 0. The van der Waals surface area contributed by atoms with Crippen LogP contribution in [0.25, 0.3) is 0 Å². The molecule has 1 fully saturated rings. The zero-order chi connectivity index (χ0) is 17.0. The van der Waals surface area contributed by atoms with Crippen LogP contribution in [0.4, 0.5) is 0 Å². The van der Waals surface area contributed by atoms with E-state index in [2.05, 4.69) is 26.1 Å². The Labute approximate surface area is 147 Å². The van der Waals surface area contributed by atoms with Crippen LogP contribution in [0, 0.1) is 6.92 Å². The summed E-state index contributed by atoms with van der Waals surface area (Å²) in [7, 11) is 0. The monoisotopic (exact) mass is 354 g/mol. The first-order chi connectivity index (χ1) is 10.7. The maximum Gasteiger partial charge on any atom is 0.261 e. The van der Waals surface area contributed by atoms with Crippen molar-refractivity contribution in [1.29, 1.82) is 0 Å². The first-order valence-corrected chi connectivity index (χ1v) is 9.84. The Balaban J connectivity index is 1.75. The van der Waals surface area contributed by atoms with Crippen molar-refractivity contribution in [2.45, 2.75) is 51.3 Å². The molecule has 0 saturated carbocycles. The Kier molecular flexibility index (Phi) is 6.14. The van der Waals surface area contributed by atoms with Crippen LogP contribution >= 0.6 is 23.1 Å². The largest absolute Gasteiger partial charge is 0.348 e. The molecule has 1 aromatic heterocycles. The number of piperidine rings is 1. The predicted octanol–water partition coefficient (Wildman–Crippen LogP) is 3.31. The first kappa shape index (κ1) is 18.3. The Morgan fingerprint density at radius 1 is 1.30 bits per heavy atom. The number of thioether (sulfide) groups is 1. The van der Waals surface area contributed by atoms with E-state index in [0.717, 1.165) is 35.7 Å². The summed E-state index contributed by atoms with van der Waals surface area (Å²) in [6.45, 7) is 9.84. The minimum atomic E-state index is 0.0103. The van der Waals surface area contributed by atoms with Crippen molar-refractivity contribution >= 4 is 34.9 Å². The molecule has 4 nitrogen and oxygen atoms in total. The van der Waals surface area contributed by atoms with Crippen LogP contribution in [0.15, 0.2) is 12.1 Å². The van der Waals surface area contributed by atoms with E-state index < -0.39 is 0 Å². The van der Waals surface area contributed by atoms with Crippen molar-refractivity contribution in [1.82, 2.24) is 10.2 Å². The molecule has 0 aromatic carbocycles. The van der Waals surface area contributed by atoms with Gasteiger partial charge in [0.1, 0.15) is 0 Å². The highest BCUT2D eigenvalue weighted by Gasteiger charge is 2.25. The van der Waals surface area contributed by atoms with Crippen LogP contribution in [0.5, 0.6) is 0 Å². The lowest BCUT2D eigenvalue weighted by molar-refractivity contribution is -0.129. The summed E-state index contributed by atoms with van der Waals surface area (Å²) in [5, 5.41) is 3.09. The van der Waals surface area contributed by atoms with Crippen LogP contribution in [0.2, 0.25) is 0 Å². The van der Waals surface area contributed by atoms with Gasteiger partial charge >= 0.3 is 0 Å². The topological polar surface area (TPSA) is 49.4 Å². The number of carbonyl (C=O) groups excluding carboxylic acids is 2. The van der Waals surface area contributed by atoms with Crippen molar-refractivity contribution in [2.75, 3.05) is 18.8 Å². The molecule has 1 N–H and O–H groups in total. The van der Waals surface area contributed by atoms with Crippen LogP contribution in [-0.2, 0) is 4.79 Å². The number of likely N-dealkylation sites (tertiary alicyclic amines) is 1. The summed E-state index contributed by atoms with van der Waals surface area (Å²) in [6, 6.07) is 4.01. The van der Waals surface area contributed by atoms with Gasteiger partial charge in [-0.1, -0.05) is 20.8 Å². The van der Waals surface area contributed by atoms with Gasteiger partial charge in [-0.15, -0.1) is 23.1 Å². The average molecular weight is 355 g/mol. The highest BCUT2D eigenvalue weighted by atomic mass is 32.2. The highest BCUT2D eigenvalue weighted by molar-refractivity contribution is 8.01. The summed E-state index contributed by atoms with van der Waals surface area (Å²) >= 11 is 3.21. The molecule has 0 bridgehead atoms. The molecule has 23 heavy (non-hydrogen) atoms. The Bertz CT molecular complexity index is 555.